The van der Waals surface area contributed by atoms with Crippen LogP contribution >= 0.6 is 0 Å². The number of nitrogens with zero attached hydrogens (tertiary/aromatic N) is 2. The zero-order valence-corrected chi connectivity index (χ0v) is 16.6. The second-order valence-corrected chi connectivity index (χ2v) is 9.20. The Morgan fingerprint density at radius 3 is 2.46 bits per heavy atom. The van der Waals surface area contributed by atoms with Gasteiger partial charge in [-0.3, -0.25) is 9.78 Å². The van der Waals surface area contributed by atoms with Crippen molar-refractivity contribution < 1.29 is 13.2 Å². The third-order valence-corrected chi connectivity index (χ3v) is 6.87. The molecule has 0 spiro atoms. The number of hydrogen-bond donors (Lipinski definition) is 1. The molecule has 0 saturated carbocycles. The molecule has 144 valence electrons. The van der Waals surface area contributed by atoms with Gasteiger partial charge < -0.3 is 5.32 Å². The number of para-hydroxylation sites is 1. The minimum Gasteiger partial charge on any atom is -0.322 e. The molecule has 0 saturated heterocycles. The number of amides is 1. The number of hydrogen-bond acceptors (Lipinski definition) is 4. The molecule has 1 amide bonds. The maximum atomic E-state index is 13.1. The van der Waals surface area contributed by atoms with Gasteiger partial charge in [-0.2, -0.15) is 0 Å². The molecular formula is C21H21N3O3S. The molecule has 0 radical (unpaired) electrons. The third-order valence-electron chi connectivity index (χ3n) is 5.04. The fourth-order valence-electron chi connectivity index (χ4n) is 3.58. The highest BCUT2D eigenvalue weighted by molar-refractivity contribution is 7.89. The van der Waals surface area contributed by atoms with E-state index in [0.29, 0.717) is 11.3 Å². The number of nitrogens with one attached hydrogen (secondary N) is 1. The first-order valence-corrected chi connectivity index (χ1v) is 10.6. The average Bonchev–Trinajstić information content (AvgIpc) is 3.14. The van der Waals surface area contributed by atoms with Crippen LogP contribution in [0.2, 0.25) is 0 Å². The molecule has 7 heteroatoms. The Morgan fingerprint density at radius 1 is 1.04 bits per heavy atom. The van der Waals surface area contributed by atoms with Crippen molar-refractivity contribution >= 4 is 32.5 Å². The number of pyridine rings is 1. The molecule has 28 heavy (non-hydrogen) atoms. The van der Waals surface area contributed by atoms with E-state index in [4.69, 9.17) is 4.98 Å². The van der Waals surface area contributed by atoms with Crippen molar-refractivity contribution in [3.63, 3.8) is 0 Å². The van der Waals surface area contributed by atoms with E-state index in [9.17, 15) is 13.2 Å². The number of carbonyl (C=O) groups excluding carboxylic acids is 1. The van der Waals surface area contributed by atoms with Crippen molar-refractivity contribution in [2.24, 2.45) is 0 Å². The second kappa shape index (κ2) is 7.00. The minimum atomic E-state index is -3.50. The molecule has 0 atom stereocenters. The minimum absolute atomic E-state index is 0.186. The Labute approximate surface area is 164 Å². The molecular weight excluding hydrogens is 374 g/mol. The molecule has 0 fully saturated rings. The first kappa shape index (κ1) is 18.6. The number of carbonyl (C=O) groups is 1. The van der Waals surface area contributed by atoms with Gasteiger partial charge in [0, 0.05) is 30.9 Å². The molecule has 2 aromatic carbocycles. The monoisotopic (exact) mass is 395 g/mol. The van der Waals surface area contributed by atoms with E-state index in [-0.39, 0.29) is 10.8 Å². The highest BCUT2D eigenvalue weighted by atomic mass is 32.2. The van der Waals surface area contributed by atoms with Gasteiger partial charge in [0.15, 0.2) is 0 Å². The lowest BCUT2D eigenvalue weighted by Crippen LogP contribution is -2.22. The summed E-state index contributed by atoms with van der Waals surface area (Å²) in [6.07, 6.45) is 2.73. The Bertz CT molecular complexity index is 1170. The van der Waals surface area contributed by atoms with Crippen LogP contribution in [0.4, 0.5) is 5.69 Å². The molecule has 1 aromatic heterocycles. The molecule has 4 rings (SSSR count). The number of fused-ring (bicyclic) bond motifs is 2. The smallest absolute Gasteiger partial charge is 0.256 e. The summed E-state index contributed by atoms with van der Waals surface area (Å²) in [5.41, 5.74) is 4.05. The fraction of sp³-hybridized carbons (Fsp3) is 0.238. The molecule has 6 nitrogen and oxygen atoms in total. The molecule has 3 aromatic rings. The first-order valence-electron chi connectivity index (χ1n) is 9.12. The summed E-state index contributed by atoms with van der Waals surface area (Å²) >= 11 is 0. The van der Waals surface area contributed by atoms with E-state index >= 15 is 0 Å². The van der Waals surface area contributed by atoms with Gasteiger partial charge in [0.1, 0.15) is 0 Å². The van der Waals surface area contributed by atoms with Crippen LogP contribution in [0, 0.1) is 0 Å². The summed E-state index contributed by atoms with van der Waals surface area (Å²) < 4.78 is 25.5. The maximum Gasteiger partial charge on any atom is 0.256 e. The molecule has 1 heterocycles. The van der Waals surface area contributed by atoms with Crippen LogP contribution in [0.3, 0.4) is 0 Å². The molecule has 0 bridgehead atoms. The molecule has 1 N–H and O–H groups in total. The molecule has 1 aliphatic carbocycles. The van der Waals surface area contributed by atoms with Gasteiger partial charge in [0.25, 0.3) is 5.91 Å². The molecule has 0 aliphatic heterocycles. The van der Waals surface area contributed by atoms with Crippen LogP contribution in [0.5, 0.6) is 0 Å². The summed E-state index contributed by atoms with van der Waals surface area (Å²) in [7, 11) is -0.526. The van der Waals surface area contributed by atoms with E-state index in [1.807, 2.05) is 24.3 Å². The number of aromatic nitrogens is 1. The van der Waals surface area contributed by atoms with Crippen LogP contribution in [0.15, 0.2) is 53.4 Å². The lowest BCUT2D eigenvalue weighted by Gasteiger charge is -2.14. The summed E-state index contributed by atoms with van der Waals surface area (Å²) in [5, 5.41) is 3.75. The van der Waals surface area contributed by atoms with Crippen LogP contribution in [-0.2, 0) is 22.9 Å². The normalized spacial score (nSPS) is 13.7. The second-order valence-electron chi connectivity index (χ2n) is 7.05. The van der Waals surface area contributed by atoms with E-state index < -0.39 is 10.0 Å². The van der Waals surface area contributed by atoms with Crippen LogP contribution in [0.25, 0.3) is 10.9 Å². The largest absolute Gasteiger partial charge is 0.322 e. The average molecular weight is 395 g/mol. The van der Waals surface area contributed by atoms with Crippen molar-refractivity contribution in [2.45, 2.75) is 24.2 Å². The lowest BCUT2D eigenvalue weighted by molar-refractivity contribution is 0.102. The van der Waals surface area contributed by atoms with Crippen molar-refractivity contribution in [2.75, 3.05) is 19.4 Å². The first-order chi connectivity index (χ1) is 13.4. The number of benzene rings is 2. The van der Waals surface area contributed by atoms with Crippen LogP contribution < -0.4 is 5.32 Å². The highest BCUT2D eigenvalue weighted by Crippen LogP contribution is 2.30. The summed E-state index contributed by atoms with van der Waals surface area (Å²) in [6.45, 7) is 0. The number of anilines is 1. The third kappa shape index (κ3) is 3.16. The van der Waals surface area contributed by atoms with Gasteiger partial charge in [-0.25, -0.2) is 12.7 Å². The fourth-order valence-corrected chi connectivity index (χ4v) is 4.49. The number of rotatable bonds is 4. The Morgan fingerprint density at radius 2 is 1.75 bits per heavy atom. The highest BCUT2D eigenvalue weighted by Gasteiger charge is 2.24. The summed E-state index contributed by atoms with van der Waals surface area (Å²) in [5.74, 6) is -0.194. The predicted molar refractivity (Wildman–Crippen MR) is 109 cm³/mol. The Kier molecular flexibility index (Phi) is 4.64. The molecule has 1 aliphatic rings. The van der Waals surface area contributed by atoms with E-state index in [1.54, 1.807) is 12.1 Å². The van der Waals surface area contributed by atoms with Crippen LogP contribution in [-0.4, -0.2) is 37.7 Å². The molecule has 0 unspecified atom stereocenters. The van der Waals surface area contributed by atoms with Gasteiger partial charge >= 0.3 is 0 Å². The van der Waals surface area contributed by atoms with Gasteiger partial charge in [0.2, 0.25) is 10.0 Å². The van der Waals surface area contributed by atoms with Gasteiger partial charge in [0.05, 0.1) is 16.0 Å². The maximum absolute atomic E-state index is 13.1. The SMILES string of the molecule is CN(C)S(=O)(=O)c1ccc(NC(=O)c2c3c(nc4ccccc24)CCC3)cc1. The van der Waals surface area contributed by atoms with E-state index in [0.717, 1.165) is 45.7 Å². The Hall–Kier alpha value is -2.77. The number of sulfonamides is 1. The van der Waals surface area contributed by atoms with Crippen molar-refractivity contribution in [3.05, 3.63) is 65.4 Å². The summed E-state index contributed by atoms with van der Waals surface area (Å²) in [6, 6.07) is 13.9. The van der Waals surface area contributed by atoms with Gasteiger partial charge in [-0.05, 0) is 55.2 Å². The zero-order chi connectivity index (χ0) is 19.9. The lowest BCUT2D eigenvalue weighted by atomic mass is 10.0. The topological polar surface area (TPSA) is 79.4 Å². The van der Waals surface area contributed by atoms with Crippen LogP contribution in [0.1, 0.15) is 28.0 Å². The zero-order valence-electron chi connectivity index (χ0n) is 15.8. The summed E-state index contributed by atoms with van der Waals surface area (Å²) in [4.78, 5) is 18.0. The van der Waals surface area contributed by atoms with E-state index in [1.165, 1.54) is 26.2 Å². The van der Waals surface area contributed by atoms with Gasteiger partial charge in [-0.15, -0.1) is 0 Å². The van der Waals surface area contributed by atoms with Gasteiger partial charge in [-0.1, -0.05) is 18.2 Å². The number of aryl methyl sites for hydroxylation is 1. The van der Waals surface area contributed by atoms with Crippen molar-refractivity contribution in [1.29, 1.82) is 0 Å². The quantitative estimate of drug-likeness (QED) is 0.736. The van der Waals surface area contributed by atoms with Crippen molar-refractivity contribution in [3.8, 4) is 0 Å². The Balaban J connectivity index is 1.69. The standard InChI is InChI=1S/C21H21N3O3S/c1-24(2)28(26,27)15-12-10-14(11-13-15)22-21(25)20-16-6-3-4-8-18(16)23-19-9-5-7-17(19)20/h3-4,6,8,10-13H,5,7,9H2,1-2H3,(H,22,25). The predicted octanol–water partition coefficient (Wildman–Crippen LogP) is 3.23. The van der Waals surface area contributed by atoms with E-state index in [2.05, 4.69) is 5.32 Å². The van der Waals surface area contributed by atoms with Crippen molar-refractivity contribution in [1.82, 2.24) is 9.29 Å².